The molecule has 0 spiro atoms. The number of hydrogen-bond acceptors (Lipinski definition) is 2. The molecule has 0 aliphatic heterocycles. The van der Waals surface area contributed by atoms with Crippen molar-refractivity contribution in [3.8, 4) is 5.75 Å². The van der Waals surface area contributed by atoms with Crippen molar-refractivity contribution >= 4 is 23.2 Å². The predicted molar refractivity (Wildman–Crippen MR) is 100 cm³/mol. The van der Waals surface area contributed by atoms with Gasteiger partial charge in [0.1, 0.15) is 5.75 Å². The summed E-state index contributed by atoms with van der Waals surface area (Å²) < 4.78 is 5.79. The van der Waals surface area contributed by atoms with Crippen molar-refractivity contribution in [2.75, 3.05) is 5.32 Å². The van der Waals surface area contributed by atoms with Gasteiger partial charge in [0, 0.05) is 10.7 Å². The Balaban J connectivity index is 2.05. The van der Waals surface area contributed by atoms with Gasteiger partial charge in [0.2, 0.25) is 0 Å². The highest BCUT2D eigenvalue weighted by molar-refractivity contribution is 6.30. The van der Waals surface area contributed by atoms with E-state index in [4.69, 9.17) is 16.3 Å². The molecule has 0 aromatic heterocycles. The fourth-order valence-electron chi connectivity index (χ4n) is 2.63. The molecular formula is C20H24ClNO2. The van der Waals surface area contributed by atoms with Gasteiger partial charge in [-0.25, -0.2) is 0 Å². The topological polar surface area (TPSA) is 38.3 Å². The Bertz CT molecular complexity index is 740. The van der Waals surface area contributed by atoms with Crippen LogP contribution in [0.4, 0.5) is 5.69 Å². The first-order chi connectivity index (χ1) is 11.3. The molecule has 1 N–H and O–H groups in total. The van der Waals surface area contributed by atoms with Gasteiger partial charge in [-0.2, -0.15) is 0 Å². The van der Waals surface area contributed by atoms with Crippen LogP contribution in [0.2, 0.25) is 5.02 Å². The Morgan fingerprint density at radius 3 is 2.33 bits per heavy atom. The van der Waals surface area contributed by atoms with Gasteiger partial charge < -0.3 is 10.1 Å². The third-order valence-electron chi connectivity index (χ3n) is 3.99. The minimum Gasteiger partial charge on any atom is -0.481 e. The van der Waals surface area contributed by atoms with Crippen LogP contribution in [-0.2, 0) is 4.79 Å². The number of benzene rings is 2. The van der Waals surface area contributed by atoms with Crippen LogP contribution in [0.15, 0.2) is 36.4 Å². The lowest BCUT2D eigenvalue weighted by molar-refractivity contribution is -0.122. The van der Waals surface area contributed by atoms with Crippen LogP contribution in [0.5, 0.6) is 5.75 Å². The Labute approximate surface area is 149 Å². The lowest BCUT2D eigenvalue weighted by Crippen LogP contribution is -2.30. The maximum absolute atomic E-state index is 12.3. The van der Waals surface area contributed by atoms with E-state index in [9.17, 15) is 4.79 Å². The normalized spacial score (nSPS) is 12.1. The molecule has 0 saturated carbocycles. The summed E-state index contributed by atoms with van der Waals surface area (Å²) in [6.45, 7) is 10.0. The molecule has 4 heteroatoms. The second-order valence-corrected chi connectivity index (χ2v) is 6.82. The number of rotatable bonds is 5. The first kappa shape index (κ1) is 18.3. The summed E-state index contributed by atoms with van der Waals surface area (Å²) in [5, 5.41) is 3.53. The van der Waals surface area contributed by atoms with Crippen LogP contribution < -0.4 is 10.1 Å². The first-order valence-corrected chi connectivity index (χ1v) is 8.50. The molecule has 0 saturated heterocycles. The van der Waals surface area contributed by atoms with Gasteiger partial charge in [0.05, 0.1) is 0 Å². The summed E-state index contributed by atoms with van der Waals surface area (Å²) in [5.41, 5.74) is 4.12. The smallest absolute Gasteiger partial charge is 0.265 e. The largest absolute Gasteiger partial charge is 0.481 e. The van der Waals surface area contributed by atoms with Crippen LogP contribution in [0, 0.1) is 13.8 Å². The van der Waals surface area contributed by atoms with Crippen molar-refractivity contribution in [2.24, 2.45) is 0 Å². The van der Waals surface area contributed by atoms with Crippen LogP contribution in [0.3, 0.4) is 0 Å². The van der Waals surface area contributed by atoms with Crippen LogP contribution in [-0.4, -0.2) is 12.0 Å². The number of halogens is 1. The molecule has 2 aromatic rings. The van der Waals surface area contributed by atoms with Gasteiger partial charge in [-0.1, -0.05) is 31.5 Å². The van der Waals surface area contributed by atoms with Gasteiger partial charge in [0.15, 0.2) is 6.10 Å². The van der Waals surface area contributed by atoms with E-state index in [2.05, 4.69) is 32.2 Å². The number of anilines is 1. The summed E-state index contributed by atoms with van der Waals surface area (Å²) in [5.74, 6) is 0.978. The summed E-state index contributed by atoms with van der Waals surface area (Å²) in [6, 6.07) is 11.3. The summed E-state index contributed by atoms with van der Waals surface area (Å²) >= 11 is 5.94. The third kappa shape index (κ3) is 4.51. The predicted octanol–water partition coefficient (Wildman–Crippen LogP) is 5.49. The van der Waals surface area contributed by atoms with Gasteiger partial charge in [-0.15, -0.1) is 0 Å². The standard InChI is InChI=1S/C20H24ClNO2/c1-12(2)18-8-7-17(11-13(18)3)24-15(5)20(23)22-19-9-6-16(21)10-14(19)4/h6-12,15H,1-5H3,(H,22,23). The molecule has 0 bridgehead atoms. The van der Waals surface area contributed by atoms with E-state index in [-0.39, 0.29) is 5.91 Å². The number of hydrogen-bond donors (Lipinski definition) is 1. The van der Waals surface area contributed by atoms with E-state index in [1.165, 1.54) is 11.1 Å². The van der Waals surface area contributed by atoms with Gasteiger partial charge in [-0.05, 0) is 73.7 Å². The molecule has 0 heterocycles. The van der Waals surface area contributed by atoms with Crippen molar-refractivity contribution in [1.29, 1.82) is 0 Å². The Hall–Kier alpha value is -2.00. The van der Waals surface area contributed by atoms with Crippen LogP contribution in [0.1, 0.15) is 43.4 Å². The molecule has 1 atom stereocenters. The van der Waals surface area contributed by atoms with Crippen molar-refractivity contribution < 1.29 is 9.53 Å². The Morgan fingerprint density at radius 1 is 1.04 bits per heavy atom. The Morgan fingerprint density at radius 2 is 1.75 bits per heavy atom. The zero-order chi connectivity index (χ0) is 17.9. The SMILES string of the molecule is Cc1cc(Cl)ccc1NC(=O)C(C)Oc1ccc(C(C)C)c(C)c1. The molecule has 0 fully saturated rings. The minimum atomic E-state index is -0.593. The number of amides is 1. The number of aryl methyl sites for hydroxylation is 2. The summed E-state index contributed by atoms with van der Waals surface area (Å²) in [7, 11) is 0. The van der Waals surface area contributed by atoms with Crippen molar-refractivity contribution in [2.45, 2.75) is 46.6 Å². The van der Waals surface area contributed by atoms with Gasteiger partial charge >= 0.3 is 0 Å². The summed E-state index contributed by atoms with van der Waals surface area (Å²) in [6.07, 6.45) is -0.593. The highest BCUT2D eigenvalue weighted by Crippen LogP contribution is 2.24. The molecule has 2 rings (SSSR count). The Kier molecular flexibility index (Phi) is 5.89. The van der Waals surface area contributed by atoms with Crippen molar-refractivity contribution in [1.82, 2.24) is 0 Å². The van der Waals surface area contributed by atoms with E-state index in [0.29, 0.717) is 16.7 Å². The highest BCUT2D eigenvalue weighted by Gasteiger charge is 2.16. The average Bonchev–Trinajstić information content (AvgIpc) is 2.49. The second-order valence-electron chi connectivity index (χ2n) is 6.38. The third-order valence-corrected chi connectivity index (χ3v) is 4.23. The van der Waals surface area contributed by atoms with Gasteiger partial charge in [-0.3, -0.25) is 4.79 Å². The zero-order valence-electron chi connectivity index (χ0n) is 14.8. The maximum atomic E-state index is 12.3. The monoisotopic (exact) mass is 345 g/mol. The highest BCUT2D eigenvalue weighted by atomic mass is 35.5. The zero-order valence-corrected chi connectivity index (χ0v) is 15.6. The molecule has 1 unspecified atom stereocenters. The minimum absolute atomic E-state index is 0.189. The van der Waals surface area contributed by atoms with Crippen molar-refractivity contribution in [3.63, 3.8) is 0 Å². The second kappa shape index (κ2) is 7.71. The molecule has 24 heavy (non-hydrogen) atoms. The van der Waals surface area contributed by atoms with E-state index in [1.807, 2.05) is 25.1 Å². The lowest BCUT2D eigenvalue weighted by Gasteiger charge is -2.17. The first-order valence-electron chi connectivity index (χ1n) is 8.12. The molecule has 2 aromatic carbocycles. The van der Waals surface area contributed by atoms with Crippen molar-refractivity contribution in [3.05, 3.63) is 58.1 Å². The maximum Gasteiger partial charge on any atom is 0.265 e. The van der Waals surface area contributed by atoms with E-state index in [1.54, 1.807) is 19.1 Å². The molecular weight excluding hydrogens is 322 g/mol. The van der Waals surface area contributed by atoms with E-state index < -0.39 is 6.10 Å². The number of ether oxygens (including phenoxy) is 1. The molecule has 1 amide bonds. The fraction of sp³-hybridized carbons (Fsp3) is 0.350. The number of carbonyl (C=O) groups excluding carboxylic acids is 1. The molecule has 0 radical (unpaired) electrons. The van der Waals surface area contributed by atoms with Gasteiger partial charge in [0.25, 0.3) is 5.91 Å². The van der Waals surface area contributed by atoms with Crippen LogP contribution in [0.25, 0.3) is 0 Å². The van der Waals surface area contributed by atoms with E-state index in [0.717, 1.165) is 11.3 Å². The molecule has 3 nitrogen and oxygen atoms in total. The summed E-state index contributed by atoms with van der Waals surface area (Å²) in [4.78, 5) is 12.3. The fourth-order valence-corrected chi connectivity index (χ4v) is 2.86. The number of nitrogens with one attached hydrogen (secondary N) is 1. The molecule has 0 aliphatic rings. The van der Waals surface area contributed by atoms with E-state index >= 15 is 0 Å². The van der Waals surface area contributed by atoms with Crippen LogP contribution >= 0.6 is 11.6 Å². The quantitative estimate of drug-likeness (QED) is 0.778. The average molecular weight is 346 g/mol. The lowest BCUT2D eigenvalue weighted by atomic mass is 9.98. The molecule has 128 valence electrons. The number of carbonyl (C=O) groups is 1. The molecule has 0 aliphatic carbocycles.